The Kier molecular flexibility index (Phi) is 6.39. The quantitative estimate of drug-likeness (QED) is 0.573. The maximum atomic E-state index is 12.3. The Bertz CT molecular complexity index is 1180. The van der Waals surface area contributed by atoms with E-state index in [1.165, 1.54) is 5.56 Å². The molecule has 0 unspecified atom stereocenters. The van der Waals surface area contributed by atoms with Crippen LogP contribution in [0.4, 0.5) is 17.3 Å². The average molecular weight is 451 g/mol. The maximum absolute atomic E-state index is 12.3. The molecule has 1 aliphatic rings. The van der Waals surface area contributed by atoms with Crippen LogP contribution < -0.4 is 10.6 Å². The van der Waals surface area contributed by atoms with E-state index < -0.39 is 0 Å². The lowest BCUT2D eigenvalue weighted by atomic mass is 10.1. The summed E-state index contributed by atoms with van der Waals surface area (Å²) >= 11 is 6.14. The van der Waals surface area contributed by atoms with Gasteiger partial charge in [0.25, 0.3) is 0 Å². The zero-order valence-corrected chi connectivity index (χ0v) is 19.5. The molecule has 0 spiro atoms. The molecular weight excluding hydrogens is 424 g/mol. The Morgan fingerprint density at radius 2 is 1.97 bits per heavy atom. The van der Waals surface area contributed by atoms with Crippen LogP contribution in [0.3, 0.4) is 0 Å². The molecule has 0 saturated carbocycles. The monoisotopic (exact) mass is 450 g/mol. The van der Waals surface area contributed by atoms with E-state index in [0.717, 1.165) is 53.3 Å². The van der Waals surface area contributed by atoms with Crippen molar-refractivity contribution in [3.05, 3.63) is 58.0 Å². The van der Waals surface area contributed by atoms with Gasteiger partial charge in [-0.1, -0.05) is 11.6 Å². The second-order valence-electron chi connectivity index (χ2n) is 8.38. The van der Waals surface area contributed by atoms with E-state index in [4.69, 9.17) is 21.6 Å². The van der Waals surface area contributed by atoms with Crippen molar-refractivity contribution in [3.8, 4) is 11.3 Å². The first-order valence-electron chi connectivity index (χ1n) is 10.6. The second kappa shape index (κ2) is 9.22. The van der Waals surface area contributed by atoms with Crippen molar-refractivity contribution in [1.29, 1.82) is 0 Å². The van der Waals surface area contributed by atoms with Gasteiger partial charge in [-0.15, -0.1) is 0 Å². The van der Waals surface area contributed by atoms with Crippen LogP contribution in [0, 0.1) is 13.8 Å². The van der Waals surface area contributed by atoms with Gasteiger partial charge in [0.15, 0.2) is 0 Å². The minimum absolute atomic E-state index is 0.113. The standard InChI is InChI=1S/C24H27ClN6O/c1-14-16(6-5-9-31(3)4)10-20(15(2)27-14)29-24-26-13-17-11-22(32)28-21-12-18(25)7-8-19(21)23(17)30-24/h7-8,10,12-13H,5-6,9,11H2,1-4H3,(H,28,32)(H,26,29,30). The first-order valence-corrected chi connectivity index (χ1v) is 11.0. The molecule has 1 aliphatic heterocycles. The van der Waals surface area contributed by atoms with Gasteiger partial charge in [-0.25, -0.2) is 9.97 Å². The van der Waals surface area contributed by atoms with Crippen molar-refractivity contribution in [3.63, 3.8) is 0 Å². The number of aryl methyl sites for hydroxylation is 3. The van der Waals surface area contributed by atoms with Crippen LogP contribution >= 0.6 is 11.6 Å². The van der Waals surface area contributed by atoms with Crippen molar-refractivity contribution < 1.29 is 4.79 Å². The number of benzene rings is 1. The molecule has 1 aromatic carbocycles. The Morgan fingerprint density at radius 1 is 1.16 bits per heavy atom. The summed E-state index contributed by atoms with van der Waals surface area (Å²) in [7, 11) is 4.16. The van der Waals surface area contributed by atoms with Crippen LogP contribution in [-0.4, -0.2) is 46.4 Å². The number of fused-ring (bicyclic) bond motifs is 3. The van der Waals surface area contributed by atoms with Crippen molar-refractivity contribution >= 4 is 34.8 Å². The van der Waals surface area contributed by atoms with E-state index in [0.29, 0.717) is 16.7 Å². The number of carbonyl (C=O) groups excluding carboxylic acids is 1. The predicted molar refractivity (Wildman–Crippen MR) is 129 cm³/mol. The lowest BCUT2D eigenvalue weighted by Crippen LogP contribution is -2.14. The number of amides is 1. The molecule has 3 heterocycles. The van der Waals surface area contributed by atoms with Crippen LogP contribution in [0.25, 0.3) is 11.3 Å². The van der Waals surface area contributed by atoms with Crippen LogP contribution in [0.15, 0.2) is 30.5 Å². The van der Waals surface area contributed by atoms with E-state index in [1.54, 1.807) is 18.3 Å². The van der Waals surface area contributed by atoms with Gasteiger partial charge >= 0.3 is 0 Å². The average Bonchev–Trinajstić information content (AvgIpc) is 2.85. The highest BCUT2D eigenvalue weighted by Crippen LogP contribution is 2.35. The summed E-state index contributed by atoms with van der Waals surface area (Å²) in [5, 5.41) is 6.80. The molecule has 0 radical (unpaired) electrons. The topological polar surface area (TPSA) is 83.0 Å². The maximum Gasteiger partial charge on any atom is 0.228 e. The Balaban J connectivity index is 1.66. The van der Waals surface area contributed by atoms with Gasteiger partial charge in [0.1, 0.15) is 0 Å². The SMILES string of the molecule is Cc1nc(C)c(Nc2ncc3c(n2)-c2ccc(Cl)cc2NC(=O)C3)cc1CCCN(C)C. The molecule has 1 amide bonds. The van der Waals surface area contributed by atoms with Crippen molar-refractivity contribution in [2.75, 3.05) is 31.3 Å². The van der Waals surface area contributed by atoms with Gasteiger partial charge in [0.2, 0.25) is 11.9 Å². The summed E-state index contributed by atoms with van der Waals surface area (Å²) in [4.78, 5) is 28.4. The van der Waals surface area contributed by atoms with Gasteiger partial charge in [-0.05, 0) is 77.2 Å². The van der Waals surface area contributed by atoms with E-state index in [-0.39, 0.29) is 12.3 Å². The molecule has 2 N–H and O–H groups in total. The van der Waals surface area contributed by atoms with Gasteiger partial charge < -0.3 is 15.5 Å². The summed E-state index contributed by atoms with van der Waals surface area (Å²) in [6.07, 6.45) is 3.94. The number of nitrogens with one attached hydrogen (secondary N) is 2. The van der Waals surface area contributed by atoms with E-state index in [9.17, 15) is 4.79 Å². The first kappa shape index (κ1) is 22.2. The van der Waals surface area contributed by atoms with Gasteiger partial charge in [-0.2, -0.15) is 0 Å². The van der Waals surface area contributed by atoms with Crippen LogP contribution in [0.2, 0.25) is 5.02 Å². The second-order valence-corrected chi connectivity index (χ2v) is 8.82. The van der Waals surface area contributed by atoms with E-state index in [1.807, 2.05) is 19.9 Å². The molecule has 2 aromatic heterocycles. The smallest absolute Gasteiger partial charge is 0.228 e. The highest BCUT2D eigenvalue weighted by molar-refractivity contribution is 6.31. The molecule has 4 rings (SSSR count). The number of halogens is 1. The molecule has 32 heavy (non-hydrogen) atoms. The van der Waals surface area contributed by atoms with Crippen molar-refractivity contribution in [1.82, 2.24) is 19.9 Å². The summed E-state index contributed by atoms with van der Waals surface area (Å²) < 4.78 is 0. The molecule has 0 bridgehead atoms. The van der Waals surface area contributed by atoms with Gasteiger partial charge in [0.05, 0.1) is 29.2 Å². The van der Waals surface area contributed by atoms with Crippen LogP contribution in [0.5, 0.6) is 0 Å². The zero-order chi connectivity index (χ0) is 22.8. The lowest BCUT2D eigenvalue weighted by Gasteiger charge is -2.15. The van der Waals surface area contributed by atoms with Crippen LogP contribution in [-0.2, 0) is 17.6 Å². The van der Waals surface area contributed by atoms with Gasteiger partial charge in [-0.3, -0.25) is 9.78 Å². The lowest BCUT2D eigenvalue weighted by molar-refractivity contribution is -0.115. The summed E-state index contributed by atoms with van der Waals surface area (Å²) in [6.45, 7) is 5.05. The summed E-state index contributed by atoms with van der Waals surface area (Å²) in [5.41, 5.74) is 7.00. The number of rotatable bonds is 6. The molecule has 166 valence electrons. The third-order valence-corrected chi connectivity index (χ3v) is 5.77. The minimum atomic E-state index is -0.113. The summed E-state index contributed by atoms with van der Waals surface area (Å²) in [5.74, 6) is 0.351. The number of aromatic nitrogens is 3. The fraction of sp³-hybridized carbons (Fsp3) is 0.333. The third kappa shape index (κ3) is 4.89. The number of anilines is 3. The molecule has 0 saturated heterocycles. The van der Waals surface area contributed by atoms with Crippen molar-refractivity contribution in [2.24, 2.45) is 0 Å². The van der Waals surface area contributed by atoms with Crippen LogP contribution in [0.1, 0.15) is 28.9 Å². The van der Waals surface area contributed by atoms with E-state index >= 15 is 0 Å². The Hall–Kier alpha value is -3.03. The Morgan fingerprint density at radius 3 is 2.75 bits per heavy atom. The van der Waals surface area contributed by atoms with Crippen molar-refractivity contribution in [2.45, 2.75) is 33.1 Å². The molecule has 3 aromatic rings. The fourth-order valence-electron chi connectivity index (χ4n) is 3.88. The molecular formula is C24H27ClN6O. The van der Waals surface area contributed by atoms with Gasteiger partial charge in [0, 0.05) is 28.0 Å². The molecule has 8 heteroatoms. The number of carbonyl (C=O) groups is 1. The molecule has 0 atom stereocenters. The predicted octanol–water partition coefficient (Wildman–Crippen LogP) is 4.54. The number of pyridine rings is 1. The largest absolute Gasteiger partial charge is 0.325 e. The minimum Gasteiger partial charge on any atom is -0.325 e. The highest BCUT2D eigenvalue weighted by Gasteiger charge is 2.21. The normalized spacial score (nSPS) is 12.8. The number of hydrogen-bond donors (Lipinski definition) is 2. The number of hydrogen-bond acceptors (Lipinski definition) is 6. The fourth-order valence-corrected chi connectivity index (χ4v) is 4.05. The Labute approximate surface area is 193 Å². The highest BCUT2D eigenvalue weighted by atomic mass is 35.5. The third-order valence-electron chi connectivity index (χ3n) is 5.53. The molecule has 7 nitrogen and oxygen atoms in total. The first-order chi connectivity index (χ1) is 15.3. The molecule has 0 aliphatic carbocycles. The number of nitrogens with zero attached hydrogens (tertiary/aromatic N) is 4. The molecule has 0 fully saturated rings. The van der Waals surface area contributed by atoms with E-state index in [2.05, 4.69) is 40.7 Å². The zero-order valence-electron chi connectivity index (χ0n) is 18.8. The summed E-state index contributed by atoms with van der Waals surface area (Å²) in [6, 6.07) is 7.56.